The first kappa shape index (κ1) is 15.8. The van der Waals surface area contributed by atoms with Gasteiger partial charge >= 0.3 is 7.60 Å². The molecule has 0 saturated heterocycles. The van der Waals surface area contributed by atoms with Crippen LogP contribution in [0, 0.1) is 10.1 Å². The summed E-state index contributed by atoms with van der Waals surface area (Å²) in [5.41, 5.74) is 5.80. The van der Waals surface area contributed by atoms with Gasteiger partial charge in [-0.15, -0.1) is 0 Å². The third kappa shape index (κ3) is 3.61. The van der Waals surface area contributed by atoms with Crippen molar-refractivity contribution in [1.82, 2.24) is 0 Å². The molecule has 0 amide bonds. The summed E-state index contributed by atoms with van der Waals surface area (Å²) in [6, 6.07) is 5.86. The summed E-state index contributed by atoms with van der Waals surface area (Å²) < 4.78 is 22.7. The van der Waals surface area contributed by atoms with Crippen LogP contribution in [0.5, 0.6) is 0 Å². The Kier molecular flexibility index (Phi) is 5.62. The van der Waals surface area contributed by atoms with Crippen LogP contribution in [0.15, 0.2) is 24.3 Å². The second-order valence-corrected chi connectivity index (χ2v) is 5.79. The summed E-state index contributed by atoms with van der Waals surface area (Å²) in [5.74, 6) is -1.19. The van der Waals surface area contributed by atoms with Gasteiger partial charge in [0.25, 0.3) is 5.69 Å². The molecule has 0 heterocycles. The van der Waals surface area contributed by atoms with Crippen molar-refractivity contribution in [3.8, 4) is 0 Å². The Morgan fingerprint density at radius 3 is 2.32 bits per heavy atom. The molecule has 0 saturated carbocycles. The average Bonchev–Trinajstić information content (AvgIpc) is 2.38. The monoisotopic (exact) mass is 288 g/mol. The van der Waals surface area contributed by atoms with Crippen LogP contribution in [-0.2, 0) is 13.6 Å². The zero-order chi connectivity index (χ0) is 14.5. The standard InChI is InChI=1S/C11H17N2O5P/c1-3-17-19(16,18-4-2)11(12)9-7-5-6-8-10(9)13(14)15/h5-8,11H,3-4,12H2,1-2H3/t11-/m0/s1. The maximum absolute atomic E-state index is 12.5. The topological polar surface area (TPSA) is 105 Å². The van der Waals surface area contributed by atoms with E-state index in [1.54, 1.807) is 19.9 Å². The SMILES string of the molecule is CCOP(=O)(OCC)[C@H](N)c1ccccc1[N+](=O)[O-]. The largest absolute Gasteiger partial charge is 0.351 e. The Bertz CT molecular complexity index is 484. The number of nitrogens with zero attached hydrogens (tertiary/aromatic N) is 1. The lowest BCUT2D eigenvalue weighted by Gasteiger charge is -2.23. The molecule has 0 radical (unpaired) electrons. The molecule has 0 fully saturated rings. The molecule has 1 rings (SSSR count). The van der Waals surface area contributed by atoms with Crippen molar-refractivity contribution in [3.63, 3.8) is 0 Å². The van der Waals surface area contributed by atoms with Gasteiger partial charge < -0.3 is 14.8 Å². The molecular weight excluding hydrogens is 271 g/mol. The molecule has 19 heavy (non-hydrogen) atoms. The molecule has 0 unspecified atom stereocenters. The van der Waals surface area contributed by atoms with E-state index in [-0.39, 0.29) is 24.5 Å². The van der Waals surface area contributed by atoms with Crippen LogP contribution in [0.1, 0.15) is 25.2 Å². The van der Waals surface area contributed by atoms with Gasteiger partial charge in [-0.2, -0.15) is 0 Å². The molecular formula is C11H17N2O5P. The molecule has 0 aliphatic rings. The van der Waals surface area contributed by atoms with Gasteiger partial charge in [-0.25, -0.2) is 0 Å². The van der Waals surface area contributed by atoms with E-state index in [1.165, 1.54) is 18.2 Å². The van der Waals surface area contributed by atoms with Crippen molar-refractivity contribution >= 4 is 13.3 Å². The second kappa shape index (κ2) is 6.77. The van der Waals surface area contributed by atoms with Crippen LogP contribution < -0.4 is 5.73 Å². The quantitative estimate of drug-likeness (QED) is 0.470. The fourth-order valence-corrected chi connectivity index (χ4v) is 3.31. The number of nitro groups is 1. The van der Waals surface area contributed by atoms with Crippen molar-refractivity contribution in [2.75, 3.05) is 13.2 Å². The van der Waals surface area contributed by atoms with Gasteiger partial charge in [0.1, 0.15) is 5.78 Å². The molecule has 0 spiro atoms. The number of nitrogens with two attached hydrogens (primary N) is 1. The highest BCUT2D eigenvalue weighted by Gasteiger charge is 2.37. The zero-order valence-corrected chi connectivity index (χ0v) is 11.7. The maximum Gasteiger partial charge on any atom is 0.351 e. The molecule has 0 aliphatic heterocycles. The Hall–Kier alpha value is -1.27. The molecule has 0 aliphatic carbocycles. The summed E-state index contributed by atoms with van der Waals surface area (Å²) in [4.78, 5) is 10.4. The predicted molar refractivity (Wildman–Crippen MR) is 70.9 cm³/mol. The Morgan fingerprint density at radius 1 is 1.32 bits per heavy atom. The van der Waals surface area contributed by atoms with E-state index < -0.39 is 18.3 Å². The Morgan fingerprint density at radius 2 is 1.84 bits per heavy atom. The van der Waals surface area contributed by atoms with Crippen molar-refractivity contribution in [2.45, 2.75) is 19.6 Å². The number of hydrogen-bond donors (Lipinski definition) is 1. The Balaban J connectivity index is 3.20. The minimum absolute atomic E-state index is 0.137. The summed E-state index contributed by atoms with van der Waals surface area (Å²) >= 11 is 0. The number of hydrogen-bond acceptors (Lipinski definition) is 6. The van der Waals surface area contributed by atoms with Gasteiger partial charge in [0.05, 0.1) is 23.7 Å². The van der Waals surface area contributed by atoms with Crippen molar-refractivity contribution in [1.29, 1.82) is 0 Å². The van der Waals surface area contributed by atoms with Crippen molar-refractivity contribution in [3.05, 3.63) is 39.9 Å². The normalized spacial score (nSPS) is 13.2. The van der Waals surface area contributed by atoms with Gasteiger partial charge in [-0.1, -0.05) is 12.1 Å². The highest BCUT2D eigenvalue weighted by Crippen LogP contribution is 2.59. The molecule has 1 atom stereocenters. The van der Waals surface area contributed by atoms with Crippen LogP contribution in [-0.4, -0.2) is 18.1 Å². The molecule has 0 bridgehead atoms. The smallest absolute Gasteiger partial charge is 0.314 e. The highest BCUT2D eigenvalue weighted by molar-refractivity contribution is 7.54. The molecule has 2 N–H and O–H groups in total. The molecule has 7 nitrogen and oxygen atoms in total. The van der Waals surface area contributed by atoms with Gasteiger partial charge in [0.15, 0.2) is 0 Å². The minimum Gasteiger partial charge on any atom is -0.314 e. The first-order valence-electron chi connectivity index (χ1n) is 5.84. The minimum atomic E-state index is -3.63. The first-order valence-corrected chi connectivity index (χ1v) is 7.45. The van der Waals surface area contributed by atoms with E-state index in [0.29, 0.717) is 0 Å². The van der Waals surface area contributed by atoms with Gasteiger partial charge in [0, 0.05) is 6.07 Å². The molecule has 1 aromatic rings. The van der Waals surface area contributed by atoms with Crippen LogP contribution in [0.3, 0.4) is 0 Å². The third-order valence-electron chi connectivity index (χ3n) is 2.41. The lowest BCUT2D eigenvalue weighted by molar-refractivity contribution is -0.385. The zero-order valence-electron chi connectivity index (χ0n) is 10.8. The fourth-order valence-electron chi connectivity index (χ4n) is 1.63. The van der Waals surface area contributed by atoms with Crippen LogP contribution in [0.4, 0.5) is 5.69 Å². The average molecular weight is 288 g/mol. The van der Waals surface area contributed by atoms with Gasteiger partial charge in [-0.3, -0.25) is 14.7 Å². The summed E-state index contributed by atoms with van der Waals surface area (Å²) in [5, 5.41) is 10.9. The van der Waals surface area contributed by atoms with Crippen LogP contribution in [0.2, 0.25) is 0 Å². The first-order chi connectivity index (χ1) is 8.96. The number of benzene rings is 1. The van der Waals surface area contributed by atoms with E-state index in [0.717, 1.165) is 0 Å². The lowest BCUT2D eigenvalue weighted by atomic mass is 10.2. The summed E-state index contributed by atoms with van der Waals surface area (Å²) in [7, 11) is -3.63. The Labute approximate surface area is 111 Å². The van der Waals surface area contributed by atoms with E-state index in [4.69, 9.17) is 14.8 Å². The molecule has 0 aromatic heterocycles. The molecule has 8 heteroatoms. The van der Waals surface area contributed by atoms with E-state index in [9.17, 15) is 14.7 Å². The second-order valence-electron chi connectivity index (χ2n) is 3.64. The predicted octanol–water partition coefficient (Wildman–Crippen LogP) is 2.82. The van der Waals surface area contributed by atoms with Gasteiger partial charge in [-0.05, 0) is 19.9 Å². The van der Waals surface area contributed by atoms with E-state index >= 15 is 0 Å². The molecule has 106 valence electrons. The van der Waals surface area contributed by atoms with Crippen LogP contribution in [0.25, 0.3) is 0 Å². The van der Waals surface area contributed by atoms with Crippen molar-refractivity contribution < 1.29 is 18.5 Å². The number of rotatable bonds is 7. The number of nitro benzene ring substituents is 1. The highest BCUT2D eigenvalue weighted by atomic mass is 31.2. The summed E-state index contributed by atoms with van der Waals surface area (Å²) in [6.07, 6.45) is 0. The molecule has 1 aromatic carbocycles. The summed E-state index contributed by atoms with van der Waals surface area (Å²) in [6.45, 7) is 3.59. The van der Waals surface area contributed by atoms with E-state index in [1.807, 2.05) is 0 Å². The van der Waals surface area contributed by atoms with E-state index in [2.05, 4.69) is 0 Å². The fraction of sp³-hybridized carbons (Fsp3) is 0.455. The van der Waals surface area contributed by atoms with Gasteiger partial charge in [0.2, 0.25) is 0 Å². The lowest BCUT2D eigenvalue weighted by Crippen LogP contribution is -2.16. The maximum atomic E-state index is 12.5. The third-order valence-corrected chi connectivity index (χ3v) is 4.61. The van der Waals surface area contributed by atoms with Crippen LogP contribution >= 0.6 is 7.60 Å². The number of para-hydroxylation sites is 1. The van der Waals surface area contributed by atoms with Crippen molar-refractivity contribution in [2.24, 2.45) is 5.73 Å².